The summed E-state index contributed by atoms with van der Waals surface area (Å²) in [6.07, 6.45) is 0.233. The Balaban J connectivity index is 2.48. The smallest absolute Gasteiger partial charge is 0.253 e. The SMILES string of the molecule is CC(C)(C)NC(=O)CCNC(=O)c1cc(Br)ccc1N. The number of anilines is 1. The van der Waals surface area contributed by atoms with Crippen LogP contribution >= 0.6 is 15.9 Å². The number of carbonyl (C=O) groups is 2. The summed E-state index contributed by atoms with van der Waals surface area (Å²) in [5.41, 5.74) is 6.28. The summed E-state index contributed by atoms with van der Waals surface area (Å²) in [5.74, 6) is -0.382. The highest BCUT2D eigenvalue weighted by Crippen LogP contribution is 2.18. The number of rotatable bonds is 4. The molecule has 0 bridgehead atoms. The third-order valence-corrected chi connectivity index (χ3v) is 2.91. The second kappa shape index (κ2) is 6.74. The average Bonchev–Trinajstić information content (AvgIpc) is 2.29. The van der Waals surface area contributed by atoms with Crippen molar-refractivity contribution in [2.75, 3.05) is 12.3 Å². The van der Waals surface area contributed by atoms with Crippen LogP contribution in [0.2, 0.25) is 0 Å². The van der Waals surface area contributed by atoms with Crippen LogP contribution in [0.15, 0.2) is 22.7 Å². The standard InChI is InChI=1S/C14H20BrN3O2/c1-14(2,3)18-12(19)6-7-17-13(20)10-8-9(15)4-5-11(10)16/h4-5,8H,6-7,16H2,1-3H3,(H,17,20)(H,18,19). The maximum absolute atomic E-state index is 11.9. The number of nitrogen functional groups attached to an aromatic ring is 1. The molecule has 0 spiro atoms. The minimum Gasteiger partial charge on any atom is -0.398 e. The molecule has 6 heteroatoms. The van der Waals surface area contributed by atoms with Crippen LogP contribution in [-0.4, -0.2) is 23.9 Å². The lowest BCUT2D eigenvalue weighted by molar-refractivity contribution is -0.122. The minimum atomic E-state index is -0.285. The summed E-state index contributed by atoms with van der Waals surface area (Å²) in [5, 5.41) is 5.51. The van der Waals surface area contributed by atoms with Crippen molar-refractivity contribution in [2.24, 2.45) is 0 Å². The third kappa shape index (κ3) is 5.61. The molecule has 0 saturated carbocycles. The van der Waals surface area contributed by atoms with E-state index in [0.717, 1.165) is 4.47 Å². The zero-order valence-corrected chi connectivity index (χ0v) is 13.5. The highest BCUT2D eigenvalue weighted by atomic mass is 79.9. The van der Waals surface area contributed by atoms with Crippen LogP contribution in [0, 0.1) is 0 Å². The van der Waals surface area contributed by atoms with Gasteiger partial charge in [0.2, 0.25) is 5.91 Å². The van der Waals surface area contributed by atoms with Crippen molar-refractivity contribution in [3.63, 3.8) is 0 Å². The van der Waals surface area contributed by atoms with Crippen LogP contribution in [-0.2, 0) is 4.79 Å². The number of amides is 2. The van der Waals surface area contributed by atoms with Crippen molar-refractivity contribution in [3.05, 3.63) is 28.2 Å². The summed E-state index contributed by atoms with van der Waals surface area (Å²) < 4.78 is 0.780. The van der Waals surface area contributed by atoms with Crippen LogP contribution in [0.4, 0.5) is 5.69 Å². The minimum absolute atomic E-state index is 0.0972. The number of benzene rings is 1. The van der Waals surface area contributed by atoms with Gasteiger partial charge >= 0.3 is 0 Å². The molecule has 4 N–H and O–H groups in total. The maximum Gasteiger partial charge on any atom is 0.253 e. The van der Waals surface area contributed by atoms with E-state index in [9.17, 15) is 9.59 Å². The molecule has 0 radical (unpaired) electrons. The van der Waals surface area contributed by atoms with E-state index in [0.29, 0.717) is 11.3 Å². The lowest BCUT2D eigenvalue weighted by Crippen LogP contribution is -2.42. The fourth-order valence-electron chi connectivity index (χ4n) is 1.59. The van der Waals surface area contributed by atoms with Crippen molar-refractivity contribution < 1.29 is 9.59 Å². The van der Waals surface area contributed by atoms with Gasteiger partial charge in [-0.05, 0) is 39.0 Å². The molecule has 0 fully saturated rings. The topological polar surface area (TPSA) is 84.2 Å². The van der Waals surface area contributed by atoms with Gasteiger partial charge in [0.05, 0.1) is 5.56 Å². The summed E-state index contributed by atoms with van der Waals surface area (Å²) in [6.45, 7) is 6.00. The average molecular weight is 342 g/mol. The van der Waals surface area contributed by atoms with E-state index in [1.807, 2.05) is 20.8 Å². The van der Waals surface area contributed by atoms with Crippen molar-refractivity contribution in [1.29, 1.82) is 0 Å². The fourth-order valence-corrected chi connectivity index (χ4v) is 1.95. The number of hydrogen-bond acceptors (Lipinski definition) is 3. The Morgan fingerprint density at radius 1 is 1.30 bits per heavy atom. The maximum atomic E-state index is 11.9. The molecule has 20 heavy (non-hydrogen) atoms. The van der Waals surface area contributed by atoms with Crippen LogP contribution in [0.1, 0.15) is 37.6 Å². The lowest BCUT2D eigenvalue weighted by atomic mass is 10.1. The molecule has 2 amide bonds. The van der Waals surface area contributed by atoms with E-state index in [2.05, 4.69) is 26.6 Å². The Hall–Kier alpha value is -1.56. The van der Waals surface area contributed by atoms with Gasteiger partial charge in [0.25, 0.3) is 5.91 Å². The molecule has 0 aliphatic carbocycles. The van der Waals surface area contributed by atoms with Gasteiger partial charge in [0.1, 0.15) is 0 Å². The molecule has 0 saturated heterocycles. The van der Waals surface area contributed by atoms with Crippen LogP contribution in [0.25, 0.3) is 0 Å². The van der Waals surface area contributed by atoms with Crippen molar-refractivity contribution >= 4 is 33.4 Å². The van der Waals surface area contributed by atoms with E-state index < -0.39 is 0 Å². The molecular formula is C14H20BrN3O2. The lowest BCUT2D eigenvalue weighted by Gasteiger charge is -2.20. The number of carbonyl (C=O) groups excluding carboxylic acids is 2. The molecule has 1 aromatic carbocycles. The summed E-state index contributed by atoms with van der Waals surface area (Å²) >= 11 is 3.29. The van der Waals surface area contributed by atoms with Gasteiger partial charge in [0.15, 0.2) is 0 Å². The normalized spacial score (nSPS) is 11.0. The van der Waals surface area contributed by atoms with E-state index in [4.69, 9.17) is 5.73 Å². The summed E-state index contributed by atoms with van der Waals surface area (Å²) in [4.78, 5) is 23.5. The number of nitrogens with two attached hydrogens (primary N) is 1. The molecule has 110 valence electrons. The van der Waals surface area contributed by atoms with Gasteiger partial charge in [0, 0.05) is 28.7 Å². The highest BCUT2D eigenvalue weighted by molar-refractivity contribution is 9.10. The monoisotopic (exact) mass is 341 g/mol. The van der Waals surface area contributed by atoms with E-state index in [-0.39, 0.29) is 30.3 Å². The first-order valence-corrected chi connectivity index (χ1v) is 7.12. The highest BCUT2D eigenvalue weighted by Gasteiger charge is 2.14. The van der Waals surface area contributed by atoms with Crippen LogP contribution < -0.4 is 16.4 Å². The molecule has 1 aromatic rings. The molecular weight excluding hydrogens is 322 g/mol. The van der Waals surface area contributed by atoms with Gasteiger partial charge in [-0.25, -0.2) is 0 Å². The van der Waals surface area contributed by atoms with E-state index >= 15 is 0 Å². The van der Waals surface area contributed by atoms with Crippen LogP contribution in [0.3, 0.4) is 0 Å². The number of nitrogens with one attached hydrogen (secondary N) is 2. The largest absolute Gasteiger partial charge is 0.398 e. The Kier molecular flexibility index (Phi) is 5.56. The van der Waals surface area contributed by atoms with Gasteiger partial charge < -0.3 is 16.4 Å². The first kappa shape index (κ1) is 16.5. The van der Waals surface area contributed by atoms with Gasteiger partial charge in [-0.3, -0.25) is 9.59 Å². The Labute approximate surface area is 127 Å². The Bertz CT molecular complexity index is 510. The Morgan fingerprint density at radius 3 is 2.55 bits per heavy atom. The van der Waals surface area contributed by atoms with Crippen molar-refractivity contribution in [2.45, 2.75) is 32.7 Å². The first-order valence-electron chi connectivity index (χ1n) is 6.33. The predicted octanol–water partition coefficient (Wildman–Crippen LogP) is 2.07. The third-order valence-electron chi connectivity index (χ3n) is 2.41. The van der Waals surface area contributed by atoms with Gasteiger partial charge in [-0.2, -0.15) is 0 Å². The second-order valence-corrected chi connectivity index (χ2v) is 6.45. The van der Waals surface area contributed by atoms with E-state index in [1.54, 1.807) is 18.2 Å². The molecule has 0 aromatic heterocycles. The van der Waals surface area contributed by atoms with E-state index in [1.165, 1.54) is 0 Å². The zero-order valence-electron chi connectivity index (χ0n) is 11.9. The van der Waals surface area contributed by atoms with Gasteiger partial charge in [-0.15, -0.1) is 0 Å². The predicted molar refractivity (Wildman–Crippen MR) is 83.4 cm³/mol. The molecule has 0 aliphatic rings. The molecule has 0 atom stereocenters. The van der Waals surface area contributed by atoms with Crippen LogP contribution in [0.5, 0.6) is 0 Å². The quantitative estimate of drug-likeness (QED) is 0.733. The van der Waals surface area contributed by atoms with Crippen molar-refractivity contribution in [3.8, 4) is 0 Å². The molecule has 0 unspecified atom stereocenters. The van der Waals surface area contributed by atoms with Crippen molar-refractivity contribution in [1.82, 2.24) is 10.6 Å². The second-order valence-electron chi connectivity index (χ2n) is 5.54. The Morgan fingerprint density at radius 2 is 1.95 bits per heavy atom. The number of hydrogen-bond donors (Lipinski definition) is 3. The first-order chi connectivity index (χ1) is 9.19. The molecule has 1 rings (SSSR count). The molecule has 0 aliphatic heterocycles. The summed E-state index contributed by atoms with van der Waals surface area (Å²) in [6, 6.07) is 5.08. The molecule has 0 heterocycles. The molecule has 5 nitrogen and oxygen atoms in total. The zero-order chi connectivity index (χ0) is 15.3. The number of halogens is 1. The van der Waals surface area contributed by atoms with Gasteiger partial charge in [-0.1, -0.05) is 15.9 Å². The fraction of sp³-hybridized carbons (Fsp3) is 0.429. The summed E-state index contributed by atoms with van der Waals surface area (Å²) in [7, 11) is 0.